The van der Waals surface area contributed by atoms with Crippen LogP contribution in [0.2, 0.25) is 0 Å². The zero-order valence-corrected chi connectivity index (χ0v) is 12.9. The van der Waals surface area contributed by atoms with Crippen LogP contribution in [-0.4, -0.2) is 10.1 Å². The molecule has 1 unspecified atom stereocenters. The van der Waals surface area contributed by atoms with E-state index in [1.54, 1.807) is 0 Å². The van der Waals surface area contributed by atoms with Crippen LogP contribution in [0.4, 0.5) is 13.2 Å². The van der Waals surface area contributed by atoms with Crippen LogP contribution in [-0.2, 0) is 6.18 Å². The summed E-state index contributed by atoms with van der Waals surface area (Å²) in [4.78, 5) is 4.07. The van der Waals surface area contributed by atoms with Crippen molar-refractivity contribution in [3.63, 3.8) is 0 Å². The maximum atomic E-state index is 12.9. The second-order valence-corrected chi connectivity index (χ2v) is 5.77. The Labute approximate surface area is 127 Å². The van der Waals surface area contributed by atoms with E-state index >= 15 is 0 Å². The Morgan fingerprint density at radius 2 is 1.95 bits per heavy atom. The molecule has 8 heteroatoms. The lowest BCUT2D eigenvalue weighted by Gasteiger charge is -2.10. The summed E-state index contributed by atoms with van der Waals surface area (Å²) in [6.07, 6.45) is -4.47. The summed E-state index contributed by atoms with van der Waals surface area (Å²) in [6, 6.07) is 3.30. The molecule has 114 valence electrons. The Morgan fingerprint density at radius 1 is 1.29 bits per heavy atom. The summed E-state index contributed by atoms with van der Waals surface area (Å²) in [5.41, 5.74) is 5.28. The van der Waals surface area contributed by atoms with Crippen molar-refractivity contribution < 1.29 is 17.7 Å². The quantitative estimate of drug-likeness (QED) is 0.888. The van der Waals surface area contributed by atoms with Gasteiger partial charge in [0.25, 0.3) is 5.89 Å². The Kier molecular flexibility index (Phi) is 4.38. The van der Waals surface area contributed by atoms with Gasteiger partial charge < -0.3 is 10.3 Å². The molecule has 2 rings (SSSR count). The molecular formula is C13H13BrF3N3O. The third-order valence-electron chi connectivity index (χ3n) is 2.98. The molecule has 0 aliphatic carbocycles. The third kappa shape index (κ3) is 3.44. The van der Waals surface area contributed by atoms with Crippen molar-refractivity contribution in [2.45, 2.75) is 26.1 Å². The molecule has 0 saturated heterocycles. The molecule has 0 spiro atoms. The van der Waals surface area contributed by atoms with Crippen molar-refractivity contribution in [1.29, 1.82) is 0 Å². The van der Waals surface area contributed by atoms with E-state index in [9.17, 15) is 13.2 Å². The predicted octanol–water partition coefficient (Wildman–Crippen LogP) is 4.17. The average Bonchev–Trinajstić information content (AvgIpc) is 2.86. The summed E-state index contributed by atoms with van der Waals surface area (Å²) in [7, 11) is 0. The summed E-state index contributed by atoms with van der Waals surface area (Å²) < 4.78 is 43.6. The minimum Gasteiger partial charge on any atom is -0.334 e. The molecule has 0 fully saturated rings. The van der Waals surface area contributed by atoms with Gasteiger partial charge in [-0.15, -0.1) is 0 Å². The monoisotopic (exact) mass is 363 g/mol. The molecule has 1 aromatic carbocycles. The Balaban J connectivity index is 2.40. The fraction of sp³-hybridized carbons (Fsp3) is 0.385. The Hall–Kier alpha value is -1.41. The maximum Gasteiger partial charge on any atom is 0.417 e. The average molecular weight is 364 g/mol. The van der Waals surface area contributed by atoms with Crippen molar-refractivity contribution >= 4 is 15.9 Å². The highest BCUT2D eigenvalue weighted by Gasteiger charge is 2.33. The number of nitrogens with zero attached hydrogens (tertiary/aromatic N) is 2. The molecule has 1 heterocycles. The number of halogens is 4. The van der Waals surface area contributed by atoms with Crippen molar-refractivity contribution in [3.05, 3.63) is 34.1 Å². The molecule has 0 bridgehead atoms. The SMILES string of the molecule is CC(C)C(N)c1noc(-c2ccc(Br)c(C(F)(F)F)c2)n1. The molecule has 21 heavy (non-hydrogen) atoms. The van der Waals surface area contributed by atoms with Gasteiger partial charge in [0.1, 0.15) is 0 Å². The topological polar surface area (TPSA) is 64.9 Å². The molecular weight excluding hydrogens is 351 g/mol. The van der Waals surface area contributed by atoms with E-state index in [0.29, 0.717) is 0 Å². The fourth-order valence-corrected chi connectivity index (χ4v) is 2.13. The lowest BCUT2D eigenvalue weighted by atomic mass is 10.1. The third-order valence-corrected chi connectivity index (χ3v) is 3.67. The van der Waals surface area contributed by atoms with Crippen molar-refractivity contribution in [2.75, 3.05) is 0 Å². The first kappa shape index (κ1) is 16.0. The number of nitrogens with two attached hydrogens (primary N) is 1. The van der Waals surface area contributed by atoms with Crippen LogP contribution in [0.25, 0.3) is 11.5 Å². The van der Waals surface area contributed by atoms with Gasteiger partial charge in [-0.05, 0) is 24.1 Å². The van der Waals surface area contributed by atoms with Crippen LogP contribution in [0, 0.1) is 5.92 Å². The van der Waals surface area contributed by atoms with Gasteiger partial charge in [-0.1, -0.05) is 34.9 Å². The van der Waals surface area contributed by atoms with Crippen molar-refractivity contribution in [2.24, 2.45) is 11.7 Å². The molecule has 0 amide bonds. The van der Waals surface area contributed by atoms with E-state index < -0.39 is 17.8 Å². The standard InChI is InChI=1S/C13H13BrF3N3O/c1-6(2)10(18)11-19-12(21-20-11)7-3-4-9(14)8(5-7)13(15,16)17/h3-6,10H,18H2,1-2H3. The summed E-state index contributed by atoms with van der Waals surface area (Å²) in [6.45, 7) is 3.78. The number of alkyl halides is 3. The van der Waals surface area contributed by atoms with Gasteiger partial charge in [-0.2, -0.15) is 18.2 Å². The van der Waals surface area contributed by atoms with Gasteiger partial charge in [0.2, 0.25) is 0 Å². The molecule has 2 N–H and O–H groups in total. The summed E-state index contributed by atoms with van der Waals surface area (Å²) in [5, 5.41) is 3.72. The molecule has 0 aliphatic rings. The van der Waals surface area contributed by atoms with Gasteiger partial charge in [-0.3, -0.25) is 0 Å². The maximum absolute atomic E-state index is 12.9. The summed E-state index contributed by atoms with van der Waals surface area (Å²) >= 11 is 2.88. The van der Waals surface area contributed by atoms with Gasteiger partial charge in [0.05, 0.1) is 11.6 Å². The first-order chi connectivity index (χ1) is 9.70. The van der Waals surface area contributed by atoms with E-state index in [1.807, 2.05) is 13.8 Å². The molecule has 1 aromatic heterocycles. The summed E-state index contributed by atoms with van der Waals surface area (Å²) in [5.74, 6) is 0.377. The van der Waals surface area contributed by atoms with Gasteiger partial charge >= 0.3 is 6.18 Å². The lowest BCUT2D eigenvalue weighted by molar-refractivity contribution is -0.138. The normalized spacial score (nSPS) is 13.7. The molecule has 1 atom stereocenters. The number of aromatic nitrogens is 2. The Bertz CT molecular complexity index is 640. The molecule has 2 aromatic rings. The van der Waals surface area contributed by atoms with E-state index in [-0.39, 0.29) is 27.7 Å². The van der Waals surface area contributed by atoms with Gasteiger partial charge in [0.15, 0.2) is 5.82 Å². The number of benzene rings is 1. The van der Waals surface area contributed by atoms with Crippen molar-refractivity contribution in [1.82, 2.24) is 10.1 Å². The van der Waals surface area contributed by atoms with Crippen LogP contribution in [0.3, 0.4) is 0 Å². The van der Waals surface area contributed by atoms with Gasteiger partial charge in [-0.25, -0.2) is 0 Å². The van der Waals surface area contributed by atoms with E-state index in [1.165, 1.54) is 12.1 Å². The van der Waals surface area contributed by atoms with E-state index in [2.05, 4.69) is 26.1 Å². The minimum absolute atomic E-state index is 0.0131. The molecule has 4 nitrogen and oxygen atoms in total. The molecule has 0 radical (unpaired) electrons. The molecule has 0 aliphatic heterocycles. The highest BCUT2D eigenvalue weighted by atomic mass is 79.9. The fourth-order valence-electron chi connectivity index (χ4n) is 1.66. The zero-order chi connectivity index (χ0) is 15.8. The largest absolute Gasteiger partial charge is 0.417 e. The minimum atomic E-state index is -4.47. The highest BCUT2D eigenvalue weighted by Crippen LogP contribution is 2.37. The number of hydrogen-bond acceptors (Lipinski definition) is 4. The smallest absolute Gasteiger partial charge is 0.334 e. The second-order valence-electron chi connectivity index (χ2n) is 4.92. The Morgan fingerprint density at radius 3 is 2.52 bits per heavy atom. The van der Waals surface area contributed by atoms with Crippen LogP contribution in [0.1, 0.15) is 31.3 Å². The van der Waals surface area contributed by atoms with E-state index in [0.717, 1.165) is 6.07 Å². The van der Waals surface area contributed by atoms with Crippen LogP contribution >= 0.6 is 15.9 Å². The van der Waals surface area contributed by atoms with Crippen LogP contribution in [0.5, 0.6) is 0 Å². The second kappa shape index (κ2) is 5.76. The predicted molar refractivity (Wildman–Crippen MR) is 74.2 cm³/mol. The highest BCUT2D eigenvalue weighted by molar-refractivity contribution is 9.10. The first-order valence-electron chi connectivity index (χ1n) is 6.16. The van der Waals surface area contributed by atoms with Gasteiger partial charge in [0, 0.05) is 10.0 Å². The van der Waals surface area contributed by atoms with Crippen LogP contribution in [0.15, 0.2) is 27.2 Å². The lowest BCUT2D eigenvalue weighted by Crippen LogP contribution is -2.18. The number of hydrogen-bond donors (Lipinski definition) is 1. The first-order valence-corrected chi connectivity index (χ1v) is 6.95. The van der Waals surface area contributed by atoms with Crippen LogP contribution < -0.4 is 5.73 Å². The van der Waals surface area contributed by atoms with E-state index in [4.69, 9.17) is 10.3 Å². The zero-order valence-electron chi connectivity index (χ0n) is 11.3. The molecule has 0 saturated carbocycles. The van der Waals surface area contributed by atoms with Crippen molar-refractivity contribution in [3.8, 4) is 11.5 Å². The number of rotatable bonds is 3.